The van der Waals surface area contributed by atoms with E-state index in [9.17, 15) is 9.18 Å². The molecule has 1 fully saturated rings. The summed E-state index contributed by atoms with van der Waals surface area (Å²) < 4.78 is 18.5. The van der Waals surface area contributed by atoms with Crippen LogP contribution in [0, 0.1) is 5.82 Å². The van der Waals surface area contributed by atoms with Crippen LogP contribution in [0.1, 0.15) is 24.5 Å². The van der Waals surface area contributed by atoms with Crippen molar-refractivity contribution in [1.82, 2.24) is 14.9 Å². The molecule has 1 aromatic heterocycles. The van der Waals surface area contributed by atoms with Gasteiger partial charge >= 0.3 is 0 Å². The molecule has 154 valence electrons. The van der Waals surface area contributed by atoms with Crippen LogP contribution < -0.4 is 4.74 Å². The third-order valence-corrected chi connectivity index (χ3v) is 5.40. The average molecular weight is 426 g/mol. The number of ether oxygens (including phenoxy) is 1. The highest BCUT2D eigenvalue weighted by molar-refractivity contribution is 6.30. The van der Waals surface area contributed by atoms with Crippen LogP contribution in [0.5, 0.6) is 5.75 Å². The molecule has 0 saturated carbocycles. The van der Waals surface area contributed by atoms with Gasteiger partial charge in [-0.15, -0.1) is 0 Å². The monoisotopic (exact) mass is 425 g/mol. The number of nitrogens with zero attached hydrogens (tertiary/aromatic N) is 3. The van der Waals surface area contributed by atoms with Gasteiger partial charge in [0, 0.05) is 42.0 Å². The number of carbonyl (C=O) groups excluding carboxylic acids is 1. The summed E-state index contributed by atoms with van der Waals surface area (Å²) in [7, 11) is 0. The third kappa shape index (κ3) is 4.76. The number of hydrogen-bond donors (Lipinski definition) is 0. The number of carbonyl (C=O) groups is 1. The number of likely N-dealkylation sites (tertiary alicyclic amines) is 1. The summed E-state index contributed by atoms with van der Waals surface area (Å²) >= 11 is 6.16. The Morgan fingerprint density at radius 1 is 1.17 bits per heavy atom. The summed E-state index contributed by atoms with van der Waals surface area (Å²) in [6.07, 6.45) is 5.15. The second-order valence-electron chi connectivity index (χ2n) is 7.22. The van der Waals surface area contributed by atoms with Crippen molar-refractivity contribution in [1.29, 1.82) is 0 Å². The van der Waals surface area contributed by atoms with Crippen LogP contribution in [0.3, 0.4) is 0 Å². The lowest BCUT2D eigenvalue weighted by atomic mass is 9.91. The van der Waals surface area contributed by atoms with E-state index in [0.717, 1.165) is 29.8 Å². The molecule has 1 amide bonds. The van der Waals surface area contributed by atoms with E-state index >= 15 is 0 Å². The smallest absolute Gasteiger partial charge is 0.260 e. The number of piperidine rings is 1. The topological polar surface area (TPSA) is 55.3 Å². The van der Waals surface area contributed by atoms with Crippen molar-refractivity contribution in [3.05, 3.63) is 77.5 Å². The zero-order chi connectivity index (χ0) is 20.9. The zero-order valence-electron chi connectivity index (χ0n) is 16.3. The van der Waals surface area contributed by atoms with E-state index in [1.165, 1.54) is 24.3 Å². The lowest BCUT2D eigenvalue weighted by molar-refractivity contribution is -0.134. The predicted octanol–water partition coefficient (Wildman–Crippen LogP) is 4.72. The van der Waals surface area contributed by atoms with E-state index < -0.39 is 0 Å². The number of hydrogen-bond acceptors (Lipinski definition) is 4. The second kappa shape index (κ2) is 9.22. The lowest BCUT2D eigenvalue weighted by Crippen LogP contribution is -2.41. The molecule has 1 saturated heterocycles. The molecule has 1 aliphatic rings. The molecule has 3 aromatic rings. The molecule has 2 aromatic carbocycles. The Balaban J connectivity index is 1.46. The first-order valence-corrected chi connectivity index (χ1v) is 10.2. The Morgan fingerprint density at radius 2 is 1.97 bits per heavy atom. The maximum atomic E-state index is 13.0. The molecule has 0 aliphatic carbocycles. The van der Waals surface area contributed by atoms with Gasteiger partial charge in [0.1, 0.15) is 11.6 Å². The first kappa shape index (κ1) is 20.3. The van der Waals surface area contributed by atoms with E-state index in [1.807, 2.05) is 24.3 Å². The fraction of sp³-hybridized carbons (Fsp3) is 0.261. The Morgan fingerprint density at radius 3 is 2.77 bits per heavy atom. The normalized spacial score (nSPS) is 16.3. The van der Waals surface area contributed by atoms with Crippen LogP contribution in [0.4, 0.5) is 4.39 Å². The van der Waals surface area contributed by atoms with Crippen LogP contribution >= 0.6 is 11.6 Å². The minimum absolute atomic E-state index is 0.0798. The number of benzene rings is 2. The van der Waals surface area contributed by atoms with Crippen LogP contribution in [0.15, 0.2) is 60.9 Å². The molecule has 7 heteroatoms. The number of rotatable bonds is 5. The fourth-order valence-electron chi connectivity index (χ4n) is 3.70. The van der Waals surface area contributed by atoms with Crippen LogP contribution in [0.2, 0.25) is 5.02 Å². The molecule has 1 aliphatic heterocycles. The molecule has 0 radical (unpaired) electrons. The quantitative estimate of drug-likeness (QED) is 0.593. The Hall–Kier alpha value is -2.99. The zero-order valence-corrected chi connectivity index (χ0v) is 17.1. The minimum atomic E-state index is -0.341. The second-order valence-corrected chi connectivity index (χ2v) is 7.66. The maximum Gasteiger partial charge on any atom is 0.260 e. The van der Waals surface area contributed by atoms with Crippen LogP contribution in [-0.2, 0) is 4.79 Å². The van der Waals surface area contributed by atoms with Crippen LogP contribution in [-0.4, -0.2) is 40.5 Å². The van der Waals surface area contributed by atoms with E-state index in [4.69, 9.17) is 16.3 Å². The van der Waals surface area contributed by atoms with Gasteiger partial charge in [-0.3, -0.25) is 14.8 Å². The SMILES string of the molecule is O=C(COc1ccc(F)cc1)N1CCC[C@@H](c2nccnc2-c2cccc(Cl)c2)C1. The molecule has 4 rings (SSSR count). The lowest BCUT2D eigenvalue weighted by Gasteiger charge is -2.33. The summed E-state index contributed by atoms with van der Waals surface area (Å²) in [6.45, 7) is 1.15. The van der Waals surface area contributed by atoms with E-state index in [1.54, 1.807) is 17.3 Å². The molecular formula is C23H21ClFN3O2. The molecule has 0 bridgehead atoms. The largest absolute Gasteiger partial charge is 0.484 e. The van der Waals surface area contributed by atoms with Crippen molar-refractivity contribution in [3.63, 3.8) is 0 Å². The van der Waals surface area contributed by atoms with Gasteiger partial charge < -0.3 is 9.64 Å². The fourth-order valence-corrected chi connectivity index (χ4v) is 3.89. The van der Waals surface area contributed by atoms with Gasteiger partial charge in [-0.2, -0.15) is 0 Å². The summed E-state index contributed by atoms with van der Waals surface area (Å²) in [5, 5.41) is 0.641. The Kier molecular flexibility index (Phi) is 6.23. The first-order chi connectivity index (χ1) is 14.6. The summed E-state index contributed by atoms with van der Waals surface area (Å²) in [6, 6.07) is 13.2. The van der Waals surface area contributed by atoms with Gasteiger partial charge in [-0.05, 0) is 49.2 Å². The summed E-state index contributed by atoms with van der Waals surface area (Å²) in [5.74, 6) is 0.107. The number of amides is 1. The molecule has 0 spiro atoms. The molecule has 1 atom stereocenters. The highest BCUT2D eigenvalue weighted by atomic mass is 35.5. The minimum Gasteiger partial charge on any atom is -0.484 e. The summed E-state index contributed by atoms with van der Waals surface area (Å²) in [5.41, 5.74) is 2.58. The molecular weight excluding hydrogens is 405 g/mol. The van der Waals surface area contributed by atoms with Gasteiger partial charge in [-0.25, -0.2) is 4.39 Å². The average Bonchev–Trinajstić information content (AvgIpc) is 2.78. The van der Waals surface area contributed by atoms with Crippen molar-refractivity contribution in [2.24, 2.45) is 0 Å². The third-order valence-electron chi connectivity index (χ3n) is 5.16. The van der Waals surface area contributed by atoms with Gasteiger partial charge in [0.05, 0.1) is 11.4 Å². The number of halogens is 2. The van der Waals surface area contributed by atoms with E-state index in [-0.39, 0.29) is 24.2 Å². The van der Waals surface area contributed by atoms with E-state index in [0.29, 0.717) is 23.9 Å². The van der Waals surface area contributed by atoms with Crippen LogP contribution in [0.25, 0.3) is 11.3 Å². The van der Waals surface area contributed by atoms with Gasteiger partial charge in [0.25, 0.3) is 5.91 Å². The van der Waals surface area contributed by atoms with Crippen molar-refractivity contribution < 1.29 is 13.9 Å². The van der Waals surface area contributed by atoms with Gasteiger partial charge in [0.15, 0.2) is 6.61 Å². The molecule has 30 heavy (non-hydrogen) atoms. The van der Waals surface area contributed by atoms with E-state index in [2.05, 4.69) is 9.97 Å². The van der Waals surface area contributed by atoms with Gasteiger partial charge in [-0.1, -0.05) is 23.7 Å². The number of aromatic nitrogens is 2. The molecule has 5 nitrogen and oxygen atoms in total. The Bertz CT molecular complexity index is 1030. The predicted molar refractivity (Wildman–Crippen MR) is 113 cm³/mol. The van der Waals surface area contributed by atoms with Crippen molar-refractivity contribution in [3.8, 4) is 17.0 Å². The summed E-state index contributed by atoms with van der Waals surface area (Å²) in [4.78, 5) is 23.6. The van der Waals surface area contributed by atoms with Crippen molar-refractivity contribution in [2.45, 2.75) is 18.8 Å². The molecule has 0 N–H and O–H groups in total. The highest BCUT2D eigenvalue weighted by Gasteiger charge is 2.28. The standard InChI is InChI=1S/C23H21ClFN3O2/c24-18-5-1-3-16(13-18)22-23(27-11-10-26-22)17-4-2-12-28(14-17)21(29)15-30-20-8-6-19(25)7-9-20/h1,3,5-11,13,17H,2,4,12,14-15H2/t17-/m1/s1. The molecule has 2 heterocycles. The molecule has 0 unspecified atom stereocenters. The first-order valence-electron chi connectivity index (χ1n) is 9.83. The maximum absolute atomic E-state index is 13.0. The Labute approximate surface area is 179 Å². The van der Waals surface area contributed by atoms with Crippen molar-refractivity contribution in [2.75, 3.05) is 19.7 Å². The highest BCUT2D eigenvalue weighted by Crippen LogP contribution is 2.32. The van der Waals surface area contributed by atoms with Crippen molar-refractivity contribution >= 4 is 17.5 Å². The van der Waals surface area contributed by atoms with Gasteiger partial charge in [0.2, 0.25) is 0 Å².